The Labute approximate surface area is 151 Å². The number of rotatable bonds is 9. The van der Waals surface area contributed by atoms with E-state index in [1.165, 1.54) is 0 Å². The first kappa shape index (κ1) is 19.8. The summed E-state index contributed by atoms with van der Waals surface area (Å²) >= 11 is 0. The number of hydrogen-bond donors (Lipinski definition) is 2. The van der Waals surface area contributed by atoms with Gasteiger partial charge < -0.3 is 19.8 Å². The van der Waals surface area contributed by atoms with Crippen LogP contribution in [0.4, 0.5) is 0 Å². The number of aliphatic imine (C=N–C) groups is 1. The number of nitrogens with one attached hydrogen (secondary N) is 2. The zero-order valence-electron chi connectivity index (χ0n) is 15.8. The molecule has 25 heavy (non-hydrogen) atoms. The van der Waals surface area contributed by atoms with Crippen LogP contribution in [0, 0.1) is 0 Å². The summed E-state index contributed by atoms with van der Waals surface area (Å²) in [7, 11) is 1.81. The van der Waals surface area contributed by atoms with E-state index < -0.39 is 0 Å². The van der Waals surface area contributed by atoms with Crippen LogP contribution in [0.25, 0.3) is 0 Å². The summed E-state index contributed by atoms with van der Waals surface area (Å²) in [5, 5.41) is 6.84. The number of furan rings is 1. The molecule has 0 aliphatic carbocycles. The van der Waals surface area contributed by atoms with Crippen LogP contribution in [0.5, 0.6) is 0 Å². The van der Waals surface area contributed by atoms with Crippen molar-refractivity contribution in [1.29, 1.82) is 0 Å². The number of nitrogens with zero attached hydrogens (tertiary/aromatic N) is 3. The van der Waals surface area contributed by atoms with Gasteiger partial charge in [-0.3, -0.25) is 14.8 Å². The topological polar surface area (TPSA) is 65.3 Å². The number of hydrogen-bond acceptors (Lipinski definition) is 5. The van der Waals surface area contributed by atoms with Crippen molar-refractivity contribution in [2.45, 2.75) is 19.9 Å². The Morgan fingerprint density at radius 3 is 2.64 bits per heavy atom. The second kappa shape index (κ2) is 11.1. The lowest BCUT2D eigenvalue weighted by Gasteiger charge is -2.29. The number of guanidine groups is 1. The van der Waals surface area contributed by atoms with Gasteiger partial charge in [0.1, 0.15) is 5.76 Å². The van der Waals surface area contributed by atoms with E-state index in [1.54, 1.807) is 6.26 Å². The number of likely N-dealkylation sites (N-methyl/N-ethyl adjacent to an activating group) is 1. The highest BCUT2D eigenvalue weighted by Crippen LogP contribution is 2.20. The van der Waals surface area contributed by atoms with Crippen molar-refractivity contribution in [3.05, 3.63) is 24.2 Å². The highest BCUT2D eigenvalue weighted by atomic mass is 16.5. The molecule has 0 aromatic carbocycles. The van der Waals surface area contributed by atoms with Gasteiger partial charge in [0.2, 0.25) is 0 Å². The smallest absolute Gasteiger partial charge is 0.191 e. The predicted octanol–water partition coefficient (Wildman–Crippen LogP) is 1.16. The minimum atomic E-state index is 0.197. The van der Waals surface area contributed by atoms with Crippen molar-refractivity contribution in [2.24, 2.45) is 4.99 Å². The van der Waals surface area contributed by atoms with Gasteiger partial charge in [0.05, 0.1) is 25.5 Å². The lowest BCUT2D eigenvalue weighted by molar-refractivity contribution is 0.0389. The molecule has 0 spiro atoms. The molecule has 1 aliphatic heterocycles. The van der Waals surface area contributed by atoms with Crippen LogP contribution in [0.2, 0.25) is 0 Å². The Hall–Kier alpha value is -1.57. The molecule has 0 radical (unpaired) electrons. The normalized spacial score (nSPS) is 17.7. The molecule has 2 N–H and O–H groups in total. The van der Waals surface area contributed by atoms with Crippen LogP contribution in [0.1, 0.15) is 25.6 Å². The molecule has 2 heterocycles. The first-order chi connectivity index (χ1) is 12.3. The number of ether oxygens (including phenoxy) is 1. The van der Waals surface area contributed by atoms with Gasteiger partial charge in [0.15, 0.2) is 5.96 Å². The van der Waals surface area contributed by atoms with Gasteiger partial charge in [0, 0.05) is 39.8 Å². The first-order valence-electron chi connectivity index (χ1n) is 9.30. The zero-order chi connectivity index (χ0) is 17.9. The summed E-state index contributed by atoms with van der Waals surface area (Å²) in [6, 6.07) is 4.18. The molecule has 0 bridgehead atoms. The van der Waals surface area contributed by atoms with E-state index in [0.717, 1.165) is 70.7 Å². The van der Waals surface area contributed by atoms with Gasteiger partial charge in [-0.05, 0) is 25.2 Å². The zero-order valence-corrected chi connectivity index (χ0v) is 15.8. The first-order valence-corrected chi connectivity index (χ1v) is 9.30. The van der Waals surface area contributed by atoms with E-state index in [1.807, 2.05) is 19.2 Å². The summed E-state index contributed by atoms with van der Waals surface area (Å²) in [6.07, 6.45) is 1.74. The average Bonchev–Trinajstić information content (AvgIpc) is 3.18. The predicted molar refractivity (Wildman–Crippen MR) is 101 cm³/mol. The van der Waals surface area contributed by atoms with E-state index in [2.05, 4.69) is 39.3 Å². The largest absolute Gasteiger partial charge is 0.468 e. The molecule has 1 atom stereocenters. The molecule has 1 aromatic heterocycles. The lowest BCUT2D eigenvalue weighted by Crippen LogP contribution is -2.46. The van der Waals surface area contributed by atoms with Crippen LogP contribution in [-0.2, 0) is 4.74 Å². The number of morpholine rings is 1. The van der Waals surface area contributed by atoms with Crippen LogP contribution in [0.15, 0.2) is 27.8 Å². The molecule has 7 nitrogen and oxygen atoms in total. The fourth-order valence-corrected chi connectivity index (χ4v) is 3.13. The van der Waals surface area contributed by atoms with E-state index in [0.29, 0.717) is 0 Å². The van der Waals surface area contributed by atoms with Crippen molar-refractivity contribution in [1.82, 2.24) is 20.4 Å². The lowest BCUT2D eigenvalue weighted by atomic mass is 10.2. The Bertz CT molecular complexity index is 482. The fraction of sp³-hybridized carbons (Fsp3) is 0.722. The second-order valence-electron chi connectivity index (χ2n) is 6.09. The van der Waals surface area contributed by atoms with Gasteiger partial charge in [-0.15, -0.1) is 0 Å². The molecule has 1 aliphatic rings. The third kappa shape index (κ3) is 6.34. The minimum Gasteiger partial charge on any atom is -0.468 e. The third-order valence-electron chi connectivity index (χ3n) is 4.64. The molecular weight excluding hydrogens is 318 g/mol. The highest BCUT2D eigenvalue weighted by Gasteiger charge is 2.20. The molecule has 1 aromatic rings. The van der Waals surface area contributed by atoms with E-state index in [-0.39, 0.29) is 6.04 Å². The molecule has 1 unspecified atom stereocenters. The monoisotopic (exact) mass is 351 g/mol. The van der Waals surface area contributed by atoms with Gasteiger partial charge in [-0.1, -0.05) is 13.8 Å². The molecule has 0 amide bonds. The highest BCUT2D eigenvalue weighted by molar-refractivity contribution is 5.79. The fourth-order valence-electron chi connectivity index (χ4n) is 3.13. The Morgan fingerprint density at radius 1 is 1.28 bits per heavy atom. The molecule has 1 saturated heterocycles. The van der Waals surface area contributed by atoms with E-state index in [9.17, 15) is 0 Å². The maximum Gasteiger partial charge on any atom is 0.191 e. The Morgan fingerprint density at radius 2 is 2.04 bits per heavy atom. The van der Waals surface area contributed by atoms with E-state index >= 15 is 0 Å². The summed E-state index contributed by atoms with van der Waals surface area (Å²) in [5.41, 5.74) is 0. The summed E-state index contributed by atoms with van der Waals surface area (Å²) in [5.74, 6) is 1.82. The van der Waals surface area contributed by atoms with Gasteiger partial charge >= 0.3 is 0 Å². The van der Waals surface area contributed by atoms with Crippen molar-refractivity contribution >= 4 is 5.96 Å². The molecule has 1 fully saturated rings. The van der Waals surface area contributed by atoms with Gasteiger partial charge in [-0.25, -0.2) is 0 Å². The van der Waals surface area contributed by atoms with Crippen LogP contribution >= 0.6 is 0 Å². The van der Waals surface area contributed by atoms with Crippen molar-refractivity contribution in [3.63, 3.8) is 0 Å². The minimum absolute atomic E-state index is 0.197. The Kier molecular flexibility index (Phi) is 8.79. The van der Waals surface area contributed by atoms with Crippen molar-refractivity contribution in [3.8, 4) is 0 Å². The SMILES string of the molecule is CCN(CC)C(CNC(=NC)NCCN1CCOCC1)c1ccco1. The Balaban J connectivity index is 1.80. The van der Waals surface area contributed by atoms with Crippen LogP contribution in [-0.4, -0.2) is 81.8 Å². The molecule has 142 valence electrons. The third-order valence-corrected chi connectivity index (χ3v) is 4.64. The summed E-state index contributed by atoms with van der Waals surface area (Å²) < 4.78 is 11.0. The van der Waals surface area contributed by atoms with Crippen molar-refractivity contribution in [2.75, 3.05) is 66.1 Å². The molecule has 2 rings (SSSR count). The van der Waals surface area contributed by atoms with Crippen molar-refractivity contribution < 1.29 is 9.15 Å². The van der Waals surface area contributed by atoms with E-state index in [4.69, 9.17) is 9.15 Å². The molecule has 7 heteroatoms. The quantitative estimate of drug-likeness (QED) is 0.514. The van der Waals surface area contributed by atoms with Gasteiger partial charge in [0.25, 0.3) is 0 Å². The maximum absolute atomic E-state index is 5.65. The summed E-state index contributed by atoms with van der Waals surface area (Å²) in [6.45, 7) is 12.6. The molecule has 0 saturated carbocycles. The standard InChI is InChI=1S/C18H33N5O2/c1-4-23(5-2)16(17-7-6-12-25-17)15-21-18(19-3)20-8-9-22-10-13-24-14-11-22/h6-7,12,16H,4-5,8-11,13-15H2,1-3H3,(H2,19,20,21). The second-order valence-corrected chi connectivity index (χ2v) is 6.09. The maximum atomic E-state index is 5.65. The van der Waals surface area contributed by atoms with Gasteiger partial charge in [-0.2, -0.15) is 0 Å². The summed E-state index contributed by atoms with van der Waals surface area (Å²) in [4.78, 5) is 9.13. The molecular formula is C18H33N5O2. The average molecular weight is 351 g/mol. The van der Waals surface area contributed by atoms with Crippen LogP contribution in [0.3, 0.4) is 0 Å². The van der Waals surface area contributed by atoms with Crippen LogP contribution < -0.4 is 10.6 Å².